The Morgan fingerprint density at radius 1 is 0.875 bits per heavy atom. The maximum Gasteiger partial charge on any atom is 0.262 e. The zero-order chi connectivity index (χ0) is 23.0. The average molecular weight is 455 g/mol. The maximum absolute atomic E-state index is 12.3. The largest absolute Gasteiger partial charge is 0.494 e. The van der Waals surface area contributed by atoms with Crippen molar-refractivity contribution in [1.29, 1.82) is 0 Å². The molecule has 168 valence electrons. The van der Waals surface area contributed by atoms with Gasteiger partial charge in [0, 0.05) is 5.69 Å². The summed E-state index contributed by atoms with van der Waals surface area (Å²) < 4.78 is 36.8. The second-order valence-corrected chi connectivity index (χ2v) is 8.95. The molecule has 3 aromatic rings. The van der Waals surface area contributed by atoms with Gasteiger partial charge in [-0.25, -0.2) is 8.42 Å². The quantitative estimate of drug-likeness (QED) is 0.499. The average Bonchev–Trinajstić information content (AvgIpc) is 2.78. The molecular formula is C24H26N2O5S. The first-order chi connectivity index (χ1) is 15.3. The number of nitrogens with one attached hydrogen (secondary N) is 1. The van der Waals surface area contributed by atoms with E-state index in [0.29, 0.717) is 23.7 Å². The van der Waals surface area contributed by atoms with Crippen molar-refractivity contribution in [1.82, 2.24) is 0 Å². The monoisotopic (exact) mass is 454 g/mol. The predicted octanol–water partition coefficient (Wildman–Crippen LogP) is 4.07. The van der Waals surface area contributed by atoms with Crippen molar-refractivity contribution in [3.63, 3.8) is 0 Å². The standard InChI is InChI=1S/C24H26N2O5S/c1-3-30-22-13-9-20(10-14-22)25-24(27)18-31-23-15-11-21(12-16-23)26(32(2,28)29)17-19-7-5-4-6-8-19/h4-16H,3,17-18H2,1-2H3,(H,25,27). The summed E-state index contributed by atoms with van der Waals surface area (Å²) in [5.41, 5.74) is 2.04. The second kappa shape index (κ2) is 10.7. The van der Waals surface area contributed by atoms with Crippen molar-refractivity contribution in [2.45, 2.75) is 13.5 Å². The van der Waals surface area contributed by atoms with Gasteiger partial charge in [-0.15, -0.1) is 0 Å². The third-order valence-electron chi connectivity index (χ3n) is 4.51. The third-order valence-corrected chi connectivity index (χ3v) is 5.65. The molecule has 1 amide bonds. The van der Waals surface area contributed by atoms with Crippen molar-refractivity contribution < 1.29 is 22.7 Å². The molecular weight excluding hydrogens is 428 g/mol. The Morgan fingerprint density at radius 2 is 1.47 bits per heavy atom. The van der Waals surface area contributed by atoms with Crippen molar-refractivity contribution in [3.05, 3.63) is 84.4 Å². The molecule has 0 unspecified atom stereocenters. The SMILES string of the molecule is CCOc1ccc(NC(=O)COc2ccc(N(Cc3ccccc3)S(C)(=O)=O)cc2)cc1. The molecule has 3 rings (SSSR count). The van der Waals surface area contributed by atoms with Gasteiger partial charge in [-0.05, 0) is 61.0 Å². The lowest BCUT2D eigenvalue weighted by atomic mass is 10.2. The van der Waals surface area contributed by atoms with Gasteiger partial charge >= 0.3 is 0 Å². The molecule has 0 fully saturated rings. The number of hydrogen-bond donors (Lipinski definition) is 1. The van der Waals surface area contributed by atoms with Crippen molar-refractivity contribution in [3.8, 4) is 11.5 Å². The summed E-state index contributed by atoms with van der Waals surface area (Å²) in [6.45, 7) is 2.53. The van der Waals surface area contributed by atoms with Crippen LogP contribution in [0.2, 0.25) is 0 Å². The summed E-state index contributed by atoms with van der Waals surface area (Å²) in [5.74, 6) is 0.890. The third kappa shape index (κ3) is 6.75. The van der Waals surface area contributed by atoms with E-state index in [1.807, 2.05) is 37.3 Å². The van der Waals surface area contributed by atoms with Crippen molar-refractivity contribution in [2.24, 2.45) is 0 Å². The van der Waals surface area contributed by atoms with Crippen LogP contribution in [0.4, 0.5) is 11.4 Å². The molecule has 0 aromatic heterocycles. The molecule has 0 aliphatic heterocycles. The number of hydrogen-bond acceptors (Lipinski definition) is 5. The van der Waals surface area contributed by atoms with Crippen LogP contribution in [0, 0.1) is 0 Å². The van der Waals surface area contributed by atoms with Gasteiger partial charge in [-0.3, -0.25) is 9.10 Å². The fourth-order valence-corrected chi connectivity index (χ4v) is 3.89. The fourth-order valence-electron chi connectivity index (χ4n) is 3.01. The molecule has 0 bridgehead atoms. The number of benzene rings is 3. The Kier molecular flexibility index (Phi) is 7.72. The Labute approximate surface area is 188 Å². The number of carbonyl (C=O) groups is 1. The predicted molar refractivity (Wildman–Crippen MR) is 126 cm³/mol. The molecule has 0 saturated heterocycles. The number of carbonyl (C=O) groups excluding carboxylic acids is 1. The lowest BCUT2D eigenvalue weighted by molar-refractivity contribution is -0.118. The highest BCUT2D eigenvalue weighted by atomic mass is 32.2. The summed E-state index contributed by atoms with van der Waals surface area (Å²) in [5, 5.41) is 2.75. The lowest BCUT2D eigenvalue weighted by Crippen LogP contribution is -2.29. The molecule has 8 heteroatoms. The number of rotatable bonds is 10. The van der Waals surface area contributed by atoms with Crippen LogP contribution in [-0.4, -0.2) is 33.8 Å². The normalized spacial score (nSPS) is 10.9. The van der Waals surface area contributed by atoms with E-state index in [1.54, 1.807) is 48.5 Å². The van der Waals surface area contributed by atoms with Crippen LogP contribution in [0.25, 0.3) is 0 Å². The Balaban J connectivity index is 1.58. The smallest absolute Gasteiger partial charge is 0.262 e. The van der Waals surface area contributed by atoms with Gasteiger partial charge < -0.3 is 14.8 Å². The molecule has 3 aromatic carbocycles. The van der Waals surface area contributed by atoms with Gasteiger partial charge in [0.2, 0.25) is 10.0 Å². The van der Waals surface area contributed by atoms with Crippen LogP contribution >= 0.6 is 0 Å². The molecule has 0 radical (unpaired) electrons. The molecule has 0 spiro atoms. The topological polar surface area (TPSA) is 84.9 Å². The van der Waals surface area contributed by atoms with Crippen LogP contribution < -0.4 is 19.1 Å². The van der Waals surface area contributed by atoms with E-state index >= 15 is 0 Å². The number of sulfonamides is 1. The van der Waals surface area contributed by atoms with Crippen molar-refractivity contribution in [2.75, 3.05) is 29.1 Å². The molecule has 0 saturated carbocycles. The Morgan fingerprint density at radius 3 is 2.06 bits per heavy atom. The first kappa shape index (κ1) is 23.1. The van der Waals surface area contributed by atoms with E-state index in [-0.39, 0.29) is 19.1 Å². The minimum atomic E-state index is -3.48. The summed E-state index contributed by atoms with van der Waals surface area (Å²) in [7, 11) is -3.48. The van der Waals surface area contributed by atoms with Crippen LogP contribution in [0.1, 0.15) is 12.5 Å². The van der Waals surface area contributed by atoms with E-state index in [0.717, 1.165) is 11.3 Å². The molecule has 0 atom stereocenters. The van der Waals surface area contributed by atoms with Gasteiger partial charge in [0.15, 0.2) is 6.61 Å². The number of anilines is 2. The van der Waals surface area contributed by atoms with Crippen molar-refractivity contribution >= 4 is 27.3 Å². The van der Waals surface area contributed by atoms with E-state index < -0.39 is 10.0 Å². The van der Waals surface area contributed by atoms with E-state index in [9.17, 15) is 13.2 Å². The van der Waals surface area contributed by atoms with E-state index in [1.165, 1.54) is 10.6 Å². The second-order valence-electron chi connectivity index (χ2n) is 7.04. The zero-order valence-electron chi connectivity index (χ0n) is 18.0. The lowest BCUT2D eigenvalue weighted by Gasteiger charge is -2.22. The molecule has 32 heavy (non-hydrogen) atoms. The van der Waals surface area contributed by atoms with Gasteiger partial charge in [0.1, 0.15) is 11.5 Å². The van der Waals surface area contributed by atoms with Crippen LogP contribution in [0.5, 0.6) is 11.5 Å². The van der Waals surface area contributed by atoms with E-state index in [4.69, 9.17) is 9.47 Å². The maximum atomic E-state index is 12.3. The highest BCUT2D eigenvalue weighted by Crippen LogP contribution is 2.24. The number of ether oxygens (including phenoxy) is 2. The Bertz CT molecular complexity index is 1120. The molecule has 0 heterocycles. The van der Waals surface area contributed by atoms with Gasteiger partial charge in [0.05, 0.1) is 25.1 Å². The highest BCUT2D eigenvalue weighted by molar-refractivity contribution is 7.92. The van der Waals surface area contributed by atoms with Gasteiger partial charge in [-0.1, -0.05) is 30.3 Å². The van der Waals surface area contributed by atoms with Crippen LogP contribution in [0.3, 0.4) is 0 Å². The minimum Gasteiger partial charge on any atom is -0.494 e. The molecule has 1 N–H and O–H groups in total. The summed E-state index contributed by atoms with van der Waals surface area (Å²) in [6, 6.07) is 23.0. The zero-order valence-corrected chi connectivity index (χ0v) is 18.8. The van der Waals surface area contributed by atoms with Crippen LogP contribution in [-0.2, 0) is 21.4 Å². The number of nitrogens with zero attached hydrogens (tertiary/aromatic N) is 1. The highest BCUT2D eigenvalue weighted by Gasteiger charge is 2.18. The first-order valence-corrected chi connectivity index (χ1v) is 12.0. The summed E-state index contributed by atoms with van der Waals surface area (Å²) >= 11 is 0. The van der Waals surface area contributed by atoms with Gasteiger partial charge in [-0.2, -0.15) is 0 Å². The fraction of sp³-hybridized carbons (Fsp3) is 0.208. The summed E-state index contributed by atoms with van der Waals surface area (Å²) in [4.78, 5) is 12.2. The van der Waals surface area contributed by atoms with Crippen LogP contribution in [0.15, 0.2) is 78.9 Å². The Hall–Kier alpha value is -3.52. The molecule has 0 aliphatic carbocycles. The number of amides is 1. The van der Waals surface area contributed by atoms with Gasteiger partial charge in [0.25, 0.3) is 5.91 Å². The van der Waals surface area contributed by atoms with E-state index in [2.05, 4.69) is 5.32 Å². The molecule has 0 aliphatic rings. The first-order valence-electron chi connectivity index (χ1n) is 10.1. The summed E-state index contributed by atoms with van der Waals surface area (Å²) in [6.07, 6.45) is 1.17. The minimum absolute atomic E-state index is 0.174. The molecule has 7 nitrogen and oxygen atoms in total.